The third-order valence-electron chi connectivity index (χ3n) is 3.26. The predicted octanol–water partition coefficient (Wildman–Crippen LogP) is -3.62. The Morgan fingerprint density at radius 2 is 2.00 bits per heavy atom. The van der Waals surface area contributed by atoms with Gasteiger partial charge in [-0.2, -0.15) is 0 Å². The minimum absolute atomic E-state index is 0. The molecule has 0 amide bonds. The van der Waals surface area contributed by atoms with Crippen molar-refractivity contribution in [3.05, 3.63) is 27.2 Å². The number of aromatic nitrogens is 4. The van der Waals surface area contributed by atoms with E-state index in [-0.39, 0.29) is 40.7 Å². The number of fused-ring (bicyclic) bond motifs is 1. The van der Waals surface area contributed by atoms with E-state index in [0.29, 0.717) is 0 Å². The number of H-pyrrole nitrogens is 2. The summed E-state index contributed by atoms with van der Waals surface area (Å²) in [5.74, 6) is 0. The van der Waals surface area contributed by atoms with Gasteiger partial charge in [0.1, 0.15) is 24.0 Å². The van der Waals surface area contributed by atoms with E-state index in [1.807, 2.05) is 4.98 Å². The molecule has 21 heavy (non-hydrogen) atoms. The maximum absolute atomic E-state index is 11.6. The Labute approximate surface area is 138 Å². The van der Waals surface area contributed by atoms with Gasteiger partial charge in [-0.05, 0) is 0 Å². The van der Waals surface area contributed by atoms with Crippen LogP contribution in [-0.4, -0.2) is 89.3 Å². The third kappa shape index (κ3) is 2.59. The Balaban J connectivity index is 0.00000161. The summed E-state index contributed by atoms with van der Waals surface area (Å²) >= 11 is 0. The molecule has 1 saturated heterocycles. The Kier molecular flexibility index (Phi) is 4.68. The van der Waals surface area contributed by atoms with Crippen molar-refractivity contribution >= 4 is 40.7 Å². The number of aromatic amines is 2. The second-order valence-electron chi connectivity index (χ2n) is 4.49. The van der Waals surface area contributed by atoms with Crippen LogP contribution in [0.1, 0.15) is 6.23 Å². The zero-order valence-corrected chi connectivity index (χ0v) is 10.1. The SMILES string of the molecule is O=c1[nH]c(=O)c2ncn([C@@H]3O[C@H](CO)[C@@H](O)[C@H]3O)c2[nH]1.[NaH]. The molecule has 3 heterocycles. The molecule has 1 aliphatic heterocycles. The molecule has 10 nitrogen and oxygen atoms in total. The summed E-state index contributed by atoms with van der Waals surface area (Å²) in [5.41, 5.74) is -1.36. The van der Waals surface area contributed by atoms with Crippen LogP contribution >= 0.6 is 0 Å². The van der Waals surface area contributed by atoms with Crippen LogP contribution in [0.3, 0.4) is 0 Å². The number of nitrogens with zero attached hydrogens (tertiary/aromatic N) is 2. The molecule has 0 saturated carbocycles. The summed E-state index contributed by atoms with van der Waals surface area (Å²) in [7, 11) is 0. The molecule has 11 heteroatoms. The predicted molar refractivity (Wildman–Crippen MR) is 71.1 cm³/mol. The van der Waals surface area contributed by atoms with Crippen LogP contribution in [-0.2, 0) is 4.74 Å². The van der Waals surface area contributed by atoms with Gasteiger partial charge in [0, 0.05) is 0 Å². The van der Waals surface area contributed by atoms with Crippen LogP contribution in [0.15, 0.2) is 15.9 Å². The molecule has 0 aliphatic carbocycles. The van der Waals surface area contributed by atoms with Crippen molar-refractivity contribution < 1.29 is 20.1 Å². The number of hydrogen-bond donors (Lipinski definition) is 5. The fourth-order valence-corrected chi connectivity index (χ4v) is 2.25. The standard InChI is InChI=1S/C10H12N4O6.Na.H/c15-1-3-5(16)6(17)9(20-3)14-2-11-4-7(14)12-10(19)13-8(4)18;;/h2-3,5-6,9,15-17H,1H2,(H2,12,13,18,19);;/t3-,5-,6-,9-;;/m1../s1. The first-order valence-electron chi connectivity index (χ1n) is 5.84. The molecular weight excluding hydrogens is 295 g/mol. The molecule has 1 aliphatic rings. The van der Waals surface area contributed by atoms with Crippen LogP contribution in [0.25, 0.3) is 11.2 Å². The fraction of sp³-hybridized carbons (Fsp3) is 0.500. The number of rotatable bonds is 2. The zero-order chi connectivity index (χ0) is 14.4. The minimum atomic E-state index is -1.33. The van der Waals surface area contributed by atoms with E-state index in [1.165, 1.54) is 10.9 Å². The number of ether oxygens (including phenoxy) is 1. The Morgan fingerprint density at radius 1 is 1.29 bits per heavy atom. The monoisotopic (exact) mass is 308 g/mol. The van der Waals surface area contributed by atoms with E-state index < -0.39 is 42.4 Å². The fourth-order valence-electron chi connectivity index (χ4n) is 2.25. The van der Waals surface area contributed by atoms with Gasteiger partial charge >= 0.3 is 35.2 Å². The summed E-state index contributed by atoms with van der Waals surface area (Å²) in [6.07, 6.45) is -3.43. The third-order valence-corrected chi connectivity index (χ3v) is 3.26. The number of imidazole rings is 1. The van der Waals surface area contributed by atoms with E-state index in [9.17, 15) is 19.8 Å². The second kappa shape index (κ2) is 6.01. The molecule has 3 rings (SSSR count). The van der Waals surface area contributed by atoms with Gasteiger partial charge in [0.2, 0.25) is 0 Å². The Morgan fingerprint density at radius 3 is 2.62 bits per heavy atom. The van der Waals surface area contributed by atoms with Gasteiger partial charge in [-0.3, -0.25) is 19.3 Å². The Hall–Kier alpha value is -1.01. The quantitative estimate of drug-likeness (QED) is 0.359. The van der Waals surface area contributed by atoms with Crippen molar-refractivity contribution in [3.8, 4) is 0 Å². The van der Waals surface area contributed by atoms with Gasteiger partial charge < -0.3 is 20.1 Å². The molecule has 0 aromatic carbocycles. The van der Waals surface area contributed by atoms with Crippen LogP contribution in [0, 0.1) is 0 Å². The number of nitrogens with one attached hydrogen (secondary N) is 2. The normalized spacial score (nSPS) is 28.7. The number of hydrogen-bond acceptors (Lipinski definition) is 7. The van der Waals surface area contributed by atoms with Crippen molar-refractivity contribution in [2.45, 2.75) is 24.5 Å². The first kappa shape index (κ1) is 16.4. The average Bonchev–Trinajstić information content (AvgIpc) is 2.93. The summed E-state index contributed by atoms with van der Waals surface area (Å²) in [6, 6.07) is 0. The van der Waals surface area contributed by atoms with E-state index >= 15 is 0 Å². The van der Waals surface area contributed by atoms with Crippen LogP contribution < -0.4 is 11.2 Å². The number of aliphatic hydroxyl groups is 3. The van der Waals surface area contributed by atoms with Gasteiger partial charge in [0.05, 0.1) is 12.9 Å². The van der Waals surface area contributed by atoms with E-state index in [2.05, 4.69) is 9.97 Å². The van der Waals surface area contributed by atoms with Gasteiger partial charge in [-0.15, -0.1) is 0 Å². The molecule has 4 atom stereocenters. The molecule has 0 bridgehead atoms. The first-order valence-corrected chi connectivity index (χ1v) is 5.84. The molecular formula is C10H13N4NaO6. The molecule has 2 aromatic rings. The van der Waals surface area contributed by atoms with Gasteiger partial charge in [0.25, 0.3) is 5.56 Å². The molecule has 2 aromatic heterocycles. The summed E-state index contributed by atoms with van der Waals surface area (Å²) in [6.45, 7) is -0.474. The average molecular weight is 308 g/mol. The van der Waals surface area contributed by atoms with Gasteiger partial charge in [-0.25, -0.2) is 9.78 Å². The summed E-state index contributed by atoms with van der Waals surface area (Å²) in [4.78, 5) is 31.1. The van der Waals surface area contributed by atoms with Crippen LogP contribution in [0.5, 0.6) is 0 Å². The van der Waals surface area contributed by atoms with E-state index in [0.717, 1.165) is 0 Å². The maximum atomic E-state index is 11.6. The zero-order valence-electron chi connectivity index (χ0n) is 10.1. The molecule has 5 N–H and O–H groups in total. The summed E-state index contributed by atoms with van der Waals surface area (Å²) in [5, 5.41) is 28.7. The Bertz CT molecular complexity index is 754. The van der Waals surface area contributed by atoms with E-state index in [4.69, 9.17) is 9.84 Å². The van der Waals surface area contributed by atoms with Crippen molar-refractivity contribution in [2.75, 3.05) is 6.61 Å². The topological polar surface area (TPSA) is 153 Å². The molecule has 110 valence electrons. The van der Waals surface area contributed by atoms with Gasteiger partial charge in [-0.1, -0.05) is 0 Å². The first-order chi connectivity index (χ1) is 9.52. The van der Waals surface area contributed by atoms with Crippen molar-refractivity contribution in [1.82, 2.24) is 19.5 Å². The summed E-state index contributed by atoms with van der Waals surface area (Å²) < 4.78 is 6.54. The van der Waals surface area contributed by atoms with Gasteiger partial charge in [0.15, 0.2) is 11.7 Å². The van der Waals surface area contributed by atoms with Crippen LogP contribution in [0.4, 0.5) is 0 Å². The van der Waals surface area contributed by atoms with E-state index in [1.54, 1.807) is 0 Å². The molecule has 1 fully saturated rings. The molecule has 0 spiro atoms. The second-order valence-corrected chi connectivity index (χ2v) is 4.49. The van der Waals surface area contributed by atoms with Crippen molar-refractivity contribution in [3.63, 3.8) is 0 Å². The number of aliphatic hydroxyl groups excluding tert-OH is 3. The van der Waals surface area contributed by atoms with Crippen molar-refractivity contribution in [1.29, 1.82) is 0 Å². The van der Waals surface area contributed by atoms with Crippen LogP contribution in [0.2, 0.25) is 0 Å². The molecule has 0 radical (unpaired) electrons. The molecule has 0 unspecified atom stereocenters. The van der Waals surface area contributed by atoms with Crippen molar-refractivity contribution in [2.24, 2.45) is 0 Å².